The Morgan fingerprint density at radius 1 is 1.21 bits per heavy atom. The van der Waals surface area contributed by atoms with Crippen molar-refractivity contribution in [3.8, 4) is 0 Å². The zero-order chi connectivity index (χ0) is 16.7. The normalized spacial score (nSPS) is 27.9. The molecule has 0 unspecified atom stereocenters. The highest BCUT2D eigenvalue weighted by Crippen LogP contribution is 2.38. The smallest absolute Gasteiger partial charge is 0.227 e. The molecule has 1 aliphatic carbocycles. The Kier molecular flexibility index (Phi) is 4.35. The lowest BCUT2D eigenvalue weighted by Gasteiger charge is -2.48. The number of fused-ring (bicyclic) bond motifs is 1. The average Bonchev–Trinajstić information content (AvgIpc) is 3.45. The number of rotatable bonds is 4. The van der Waals surface area contributed by atoms with Crippen molar-refractivity contribution in [1.29, 1.82) is 0 Å². The Hall–Kier alpha value is -1.40. The monoisotopic (exact) mass is 331 g/mol. The van der Waals surface area contributed by atoms with Gasteiger partial charge in [-0.05, 0) is 25.2 Å². The molecule has 6 heteroatoms. The number of morpholine rings is 1. The Morgan fingerprint density at radius 3 is 2.75 bits per heavy atom. The molecule has 0 amide bonds. The van der Waals surface area contributed by atoms with E-state index in [0.29, 0.717) is 12.1 Å². The van der Waals surface area contributed by atoms with Gasteiger partial charge in [-0.1, -0.05) is 6.92 Å². The van der Waals surface area contributed by atoms with Gasteiger partial charge in [0.25, 0.3) is 0 Å². The first-order valence-electron chi connectivity index (χ1n) is 9.29. The van der Waals surface area contributed by atoms with E-state index < -0.39 is 0 Å². The van der Waals surface area contributed by atoms with E-state index in [0.717, 1.165) is 62.6 Å². The fourth-order valence-corrected chi connectivity index (χ4v) is 3.98. The number of anilines is 2. The van der Waals surface area contributed by atoms with Crippen LogP contribution in [0.25, 0.3) is 0 Å². The van der Waals surface area contributed by atoms with Crippen molar-refractivity contribution in [2.24, 2.45) is 5.92 Å². The largest absolute Gasteiger partial charge is 0.378 e. The van der Waals surface area contributed by atoms with Crippen LogP contribution in [-0.4, -0.2) is 73.9 Å². The molecule has 132 valence electrons. The molecule has 2 saturated heterocycles. The van der Waals surface area contributed by atoms with Crippen molar-refractivity contribution >= 4 is 11.8 Å². The molecule has 0 spiro atoms. The van der Waals surface area contributed by atoms with E-state index in [1.807, 2.05) is 19.0 Å². The quantitative estimate of drug-likeness (QED) is 0.831. The molecule has 0 radical (unpaired) electrons. The number of aromatic nitrogens is 2. The van der Waals surface area contributed by atoms with Gasteiger partial charge in [0, 0.05) is 51.5 Å². The molecule has 0 bridgehead atoms. The zero-order valence-corrected chi connectivity index (χ0v) is 15.1. The van der Waals surface area contributed by atoms with Crippen LogP contribution < -0.4 is 9.80 Å². The fourth-order valence-electron chi connectivity index (χ4n) is 3.98. The first kappa shape index (κ1) is 16.1. The van der Waals surface area contributed by atoms with Crippen LogP contribution in [-0.2, 0) is 11.2 Å². The minimum Gasteiger partial charge on any atom is -0.378 e. The molecule has 4 rings (SSSR count). The lowest BCUT2D eigenvalue weighted by atomic mass is 10.0. The molecule has 2 atom stereocenters. The predicted octanol–water partition coefficient (Wildman–Crippen LogP) is 1.40. The number of hydrogen-bond acceptors (Lipinski definition) is 6. The summed E-state index contributed by atoms with van der Waals surface area (Å²) in [4.78, 5) is 16.5. The Bertz CT molecular complexity index is 589. The summed E-state index contributed by atoms with van der Waals surface area (Å²) in [5.74, 6) is 2.76. The van der Waals surface area contributed by atoms with Crippen LogP contribution in [0.3, 0.4) is 0 Å². The second kappa shape index (κ2) is 6.48. The van der Waals surface area contributed by atoms with Gasteiger partial charge in [-0.25, -0.2) is 4.98 Å². The van der Waals surface area contributed by atoms with Gasteiger partial charge in [0.1, 0.15) is 5.82 Å². The van der Waals surface area contributed by atoms with Crippen LogP contribution in [0.1, 0.15) is 25.5 Å². The first-order valence-corrected chi connectivity index (χ1v) is 9.29. The van der Waals surface area contributed by atoms with Crippen molar-refractivity contribution in [2.75, 3.05) is 56.7 Å². The van der Waals surface area contributed by atoms with Crippen LogP contribution >= 0.6 is 0 Å². The minimum atomic E-state index is 0.501. The summed E-state index contributed by atoms with van der Waals surface area (Å²) in [5, 5.41) is 0. The molecule has 24 heavy (non-hydrogen) atoms. The molecular formula is C18H29N5O. The second-order valence-electron chi connectivity index (χ2n) is 7.55. The Morgan fingerprint density at radius 2 is 2.04 bits per heavy atom. The van der Waals surface area contributed by atoms with Crippen molar-refractivity contribution in [2.45, 2.75) is 38.3 Å². The lowest BCUT2D eigenvalue weighted by molar-refractivity contribution is -0.0603. The third-order valence-corrected chi connectivity index (χ3v) is 5.56. The molecule has 0 aromatic carbocycles. The molecule has 3 aliphatic rings. The summed E-state index contributed by atoms with van der Waals surface area (Å²) in [6, 6.07) is 3.31. The fraction of sp³-hybridized carbons (Fsp3) is 0.778. The van der Waals surface area contributed by atoms with Gasteiger partial charge in [-0.15, -0.1) is 0 Å². The maximum Gasteiger partial charge on any atom is 0.227 e. The van der Waals surface area contributed by atoms with Crippen molar-refractivity contribution in [3.05, 3.63) is 11.8 Å². The second-order valence-corrected chi connectivity index (χ2v) is 7.55. The molecule has 1 aromatic rings. The number of piperazine rings is 1. The maximum atomic E-state index is 5.93. The predicted molar refractivity (Wildman–Crippen MR) is 95.8 cm³/mol. The van der Waals surface area contributed by atoms with Crippen LogP contribution in [0.4, 0.5) is 11.8 Å². The van der Waals surface area contributed by atoms with E-state index in [-0.39, 0.29) is 0 Å². The molecule has 1 saturated carbocycles. The molecular weight excluding hydrogens is 302 g/mol. The van der Waals surface area contributed by atoms with Crippen molar-refractivity contribution in [3.63, 3.8) is 0 Å². The van der Waals surface area contributed by atoms with Gasteiger partial charge in [0.15, 0.2) is 0 Å². The van der Waals surface area contributed by atoms with Gasteiger partial charge in [-0.3, -0.25) is 4.90 Å². The Balaban J connectivity index is 1.52. The van der Waals surface area contributed by atoms with Gasteiger partial charge in [0.2, 0.25) is 5.95 Å². The lowest BCUT2D eigenvalue weighted by Crippen LogP contribution is -2.62. The van der Waals surface area contributed by atoms with Crippen LogP contribution in [0.15, 0.2) is 6.07 Å². The Labute approximate surface area is 144 Å². The van der Waals surface area contributed by atoms with Gasteiger partial charge in [-0.2, -0.15) is 4.98 Å². The minimum absolute atomic E-state index is 0.501. The summed E-state index contributed by atoms with van der Waals surface area (Å²) >= 11 is 0. The molecule has 2 aliphatic heterocycles. The summed E-state index contributed by atoms with van der Waals surface area (Å²) in [7, 11) is 4.01. The van der Waals surface area contributed by atoms with Crippen molar-refractivity contribution in [1.82, 2.24) is 14.9 Å². The van der Waals surface area contributed by atoms with Crippen molar-refractivity contribution < 1.29 is 4.74 Å². The molecule has 0 N–H and O–H groups in total. The van der Waals surface area contributed by atoms with E-state index in [2.05, 4.69) is 27.8 Å². The number of ether oxygens (including phenoxy) is 1. The zero-order valence-electron chi connectivity index (χ0n) is 15.1. The molecule has 3 fully saturated rings. The highest BCUT2D eigenvalue weighted by Gasteiger charge is 2.43. The highest BCUT2D eigenvalue weighted by molar-refractivity contribution is 5.46. The summed E-state index contributed by atoms with van der Waals surface area (Å²) < 4.78 is 5.93. The summed E-state index contributed by atoms with van der Waals surface area (Å²) in [5.41, 5.74) is 1.11. The molecule has 6 nitrogen and oxygen atoms in total. The number of aryl methyl sites for hydroxylation is 1. The summed E-state index contributed by atoms with van der Waals surface area (Å²) in [6.45, 7) is 7.12. The van der Waals surface area contributed by atoms with E-state index in [1.54, 1.807) is 0 Å². The van der Waals surface area contributed by atoms with Crippen LogP contribution in [0.2, 0.25) is 0 Å². The highest BCUT2D eigenvalue weighted by atomic mass is 16.5. The van der Waals surface area contributed by atoms with Crippen LogP contribution in [0, 0.1) is 5.92 Å². The van der Waals surface area contributed by atoms with Crippen LogP contribution in [0.5, 0.6) is 0 Å². The van der Waals surface area contributed by atoms with E-state index >= 15 is 0 Å². The SMILES string of the molecule is CCc1cc(N2CCN3[C@@H](COC[C@@H]3C3CC3)C2)nc(N(C)C)n1. The van der Waals surface area contributed by atoms with E-state index in [1.165, 1.54) is 12.8 Å². The standard InChI is InChI=1S/C18H29N5O/c1-4-14-9-17(20-18(19-14)21(2)3)22-7-8-23-15(10-22)11-24-12-16(23)13-5-6-13/h9,13,15-16H,4-8,10-12H2,1-3H3/t15-,16-/m1/s1. The van der Waals surface area contributed by atoms with Gasteiger partial charge in [0.05, 0.1) is 19.3 Å². The maximum absolute atomic E-state index is 5.93. The van der Waals surface area contributed by atoms with Gasteiger partial charge >= 0.3 is 0 Å². The van der Waals surface area contributed by atoms with E-state index in [9.17, 15) is 0 Å². The van der Waals surface area contributed by atoms with E-state index in [4.69, 9.17) is 9.72 Å². The topological polar surface area (TPSA) is 44.7 Å². The third-order valence-electron chi connectivity index (χ3n) is 5.56. The van der Waals surface area contributed by atoms with Gasteiger partial charge < -0.3 is 14.5 Å². The number of hydrogen-bond donors (Lipinski definition) is 0. The number of nitrogens with zero attached hydrogens (tertiary/aromatic N) is 5. The molecule has 1 aromatic heterocycles. The third kappa shape index (κ3) is 3.09. The molecule has 3 heterocycles. The first-order chi connectivity index (χ1) is 11.7. The summed E-state index contributed by atoms with van der Waals surface area (Å²) in [6.07, 6.45) is 3.71. The average molecular weight is 331 g/mol.